The fourth-order valence-corrected chi connectivity index (χ4v) is 3.22. The van der Waals surface area contributed by atoms with Crippen molar-refractivity contribution in [1.82, 2.24) is 20.3 Å². The lowest BCUT2D eigenvalue weighted by molar-refractivity contribution is 0.331. The fraction of sp³-hybridized carbons (Fsp3) is 0.500. The monoisotopic (exact) mass is 350 g/mol. The van der Waals surface area contributed by atoms with Gasteiger partial charge in [-0.1, -0.05) is 56.3 Å². The highest BCUT2D eigenvalue weighted by Gasteiger charge is 2.35. The van der Waals surface area contributed by atoms with Crippen LogP contribution in [0.5, 0.6) is 0 Å². The predicted octanol–water partition coefficient (Wildman–Crippen LogP) is 3.60. The Kier molecular flexibility index (Phi) is 5.17. The van der Waals surface area contributed by atoms with E-state index in [1.54, 1.807) is 0 Å². The van der Waals surface area contributed by atoms with Gasteiger partial charge in [-0.3, -0.25) is 0 Å². The minimum atomic E-state index is -0.0750. The number of nitrogens with zero attached hydrogens (tertiary/aromatic N) is 3. The Bertz CT molecular complexity index is 558. The largest absolute Gasteiger partial charge is 0.308 e. The minimum absolute atomic E-state index is 0.0750. The molecular formula is C16H23BrN4. The third-order valence-electron chi connectivity index (χ3n) is 3.94. The molecule has 0 aliphatic heterocycles. The van der Waals surface area contributed by atoms with Crippen LogP contribution in [0.4, 0.5) is 0 Å². The van der Waals surface area contributed by atoms with E-state index in [0.717, 1.165) is 23.3 Å². The van der Waals surface area contributed by atoms with E-state index in [0.29, 0.717) is 0 Å². The van der Waals surface area contributed by atoms with Crippen molar-refractivity contribution in [2.75, 3.05) is 6.54 Å². The molecule has 0 spiro atoms. The molecule has 1 aromatic heterocycles. The Morgan fingerprint density at radius 1 is 1.29 bits per heavy atom. The number of hydrogen-bond donors (Lipinski definition) is 1. The summed E-state index contributed by atoms with van der Waals surface area (Å²) < 4.78 is 2.66. The molecule has 114 valence electrons. The van der Waals surface area contributed by atoms with Crippen LogP contribution in [0.2, 0.25) is 0 Å². The lowest BCUT2D eigenvalue weighted by Gasteiger charge is -2.35. The molecule has 5 heteroatoms. The Balaban J connectivity index is 2.45. The van der Waals surface area contributed by atoms with Crippen molar-refractivity contribution in [3.05, 3.63) is 46.2 Å². The summed E-state index contributed by atoms with van der Waals surface area (Å²) >= 11 is 3.54. The van der Waals surface area contributed by atoms with Crippen molar-refractivity contribution in [3.8, 4) is 0 Å². The Morgan fingerprint density at radius 2 is 1.95 bits per heavy atom. The second-order valence-electron chi connectivity index (χ2n) is 5.86. The first kappa shape index (κ1) is 16.2. The number of halogens is 1. The fourth-order valence-electron chi connectivity index (χ4n) is 2.66. The molecule has 0 radical (unpaired) electrons. The van der Waals surface area contributed by atoms with Crippen molar-refractivity contribution in [1.29, 1.82) is 0 Å². The van der Waals surface area contributed by atoms with Gasteiger partial charge < -0.3 is 5.32 Å². The molecule has 0 aliphatic carbocycles. The molecule has 0 amide bonds. The van der Waals surface area contributed by atoms with Crippen LogP contribution in [0.3, 0.4) is 0 Å². The summed E-state index contributed by atoms with van der Waals surface area (Å²) in [5, 5.41) is 11.9. The topological polar surface area (TPSA) is 42.7 Å². The SMILES string of the molecule is CCCNC(c1c(Br)nnn1C)C(C)(C)c1ccccc1. The number of benzene rings is 1. The van der Waals surface area contributed by atoms with Crippen LogP contribution in [0, 0.1) is 0 Å². The van der Waals surface area contributed by atoms with Gasteiger partial charge in [0.2, 0.25) is 0 Å². The Labute approximate surface area is 135 Å². The van der Waals surface area contributed by atoms with Crippen LogP contribution >= 0.6 is 15.9 Å². The smallest absolute Gasteiger partial charge is 0.153 e. The van der Waals surface area contributed by atoms with E-state index in [-0.39, 0.29) is 11.5 Å². The molecule has 0 saturated carbocycles. The average Bonchev–Trinajstić information content (AvgIpc) is 2.80. The molecule has 0 fully saturated rings. The second kappa shape index (κ2) is 6.71. The number of nitrogens with one attached hydrogen (secondary N) is 1. The summed E-state index contributed by atoms with van der Waals surface area (Å²) in [7, 11) is 1.94. The molecule has 2 aromatic rings. The summed E-state index contributed by atoms with van der Waals surface area (Å²) in [6.45, 7) is 7.65. The molecule has 4 nitrogen and oxygen atoms in total. The maximum absolute atomic E-state index is 4.14. The molecule has 1 atom stereocenters. The van der Waals surface area contributed by atoms with E-state index in [9.17, 15) is 0 Å². The van der Waals surface area contributed by atoms with Gasteiger partial charge in [-0.2, -0.15) is 0 Å². The maximum Gasteiger partial charge on any atom is 0.153 e. The van der Waals surface area contributed by atoms with E-state index in [2.05, 4.69) is 82.7 Å². The predicted molar refractivity (Wildman–Crippen MR) is 89.2 cm³/mol. The highest BCUT2D eigenvalue weighted by Crippen LogP contribution is 2.38. The van der Waals surface area contributed by atoms with Gasteiger partial charge >= 0.3 is 0 Å². The van der Waals surface area contributed by atoms with Gasteiger partial charge in [0.15, 0.2) is 4.60 Å². The standard InChI is InChI=1S/C16H23BrN4/c1-5-11-18-14(13-15(17)19-20-21(13)4)16(2,3)12-9-7-6-8-10-12/h6-10,14,18H,5,11H2,1-4H3. The number of hydrogen-bond acceptors (Lipinski definition) is 3. The van der Waals surface area contributed by atoms with E-state index in [1.807, 2.05) is 11.7 Å². The Morgan fingerprint density at radius 3 is 2.48 bits per heavy atom. The first-order valence-electron chi connectivity index (χ1n) is 7.32. The lowest BCUT2D eigenvalue weighted by atomic mass is 9.76. The van der Waals surface area contributed by atoms with E-state index < -0.39 is 0 Å². The summed E-state index contributed by atoms with van der Waals surface area (Å²) in [6, 6.07) is 10.7. The van der Waals surface area contributed by atoms with E-state index >= 15 is 0 Å². The third-order valence-corrected chi connectivity index (χ3v) is 4.50. The maximum atomic E-state index is 4.14. The van der Waals surface area contributed by atoms with Crippen molar-refractivity contribution in [3.63, 3.8) is 0 Å². The first-order valence-corrected chi connectivity index (χ1v) is 8.11. The van der Waals surface area contributed by atoms with Gasteiger partial charge in [-0.05, 0) is 34.5 Å². The van der Waals surface area contributed by atoms with Gasteiger partial charge in [-0.15, -0.1) is 5.10 Å². The van der Waals surface area contributed by atoms with Crippen LogP contribution in [0.15, 0.2) is 34.9 Å². The highest BCUT2D eigenvalue weighted by molar-refractivity contribution is 9.10. The Hall–Kier alpha value is -1.20. The minimum Gasteiger partial charge on any atom is -0.308 e. The molecule has 0 bridgehead atoms. The molecule has 21 heavy (non-hydrogen) atoms. The quantitative estimate of drug-likeness (QED) is 0.865. The van der Waals surface area contributed by atoms with Gasteiger partial charge in [0.25, 0.3) is 0 Å². The summed E-state index contributed by atoms with van der Waals surface area (Å²) in [4.78, 5) is 0. The van der Waals surface area contributed by atoms with Gasteiger partial charge in [0.05, 0.1) is 11.7 Å². The van der Waals surface area contributed by atoms with Crippen LogP contribution in [0.1, 0.15) is 44.5 Å². The molecule has 0 saturated heterocycles. The normalized spacial score (nSPS) is 13.4. The summed E-state index contributed by atoms with van der Waals surface area (Å²) in [5.74, 6) is 0. The molecule has 1 heterocycles. The summed E-state index contributed by atoms with van der Waals surface area (Å²) in [6.07, 6.45) is 1.09. The average molecular weight is 351 g/mol. The van der Waals surface area contributed by atoms with Crippen LogP contribution in [-0.4, -0.2) is 21.5 Å². The molecular weight excluding hydrogens is 328 g/mol. The van der Waals surface area contributed by atoms with Crippen molar-refractivity contribution in [2.24, 2.45) is 7.05 Å². The highest BCUT2D eigenvalue weighted by atomic mass is 79.9. The number of rotatable bonds is 6. The van der Waals surface area contributed by atoms with Gasteiger partial charge in [-0.25, -0.2) is 4.68 Å². The zero-order valence-electron chi connectivity index (χ0n) is 13.1. The zero-order valence-corrected chi connectivity index (χ0v) is 14.7. The van der Waals surface area contributed by atoms with Crippen LogP contribution < -0.4 is 5.32 Å². The molecule has 1 N–H and O–H groups in total. The van der Waals surface area contributed by atoms with E-state index in [4.69, 9.17) is 0 Å². The van der Waals surface area contributed by atoms with Crippen molar-refractivity contribution < 1.29 is 0 Å². The number of aryl methyl sites for hydroxylation is 1. The zero-order chi connectivity index (χ0) is 15.5. The van der Waals surface area contributed by atoms with Crippen molar-refractivity contribution in [2.45, 2.75) is 38.6 Å². The van der Waals surface area contributed by atoms with Crippen LogP contribution in [0.25, 0.3) is 0 Å². The first-order chi connectivity index (χ1) is 9.98. The second-order valence-corrected chi connectivity index (χ2v) is 6.62. The van der Waals surface area contributed by atoms with Gasteiger partial charge in [0, 0.05) is 12.5 Å². The number of aromatic nitrogens is 3. The van der Waals surface area contributed by atoms with E-state index in [1.165, 1.54) is 5.56 Å². The van der Waals surface area contributed by atoms with Gasteiger partial charge in [0.1, 0.15) is 0 Å². The third kappa shape index (κ3) is 3.35. The van der Waals surface area contributed by atoms with Crippen LogP contribution in [-0.2, 0) is 12.5 Å². The molecule has 2 rings (SSSR count). The summed E-state index contributed by atoms with van der Waals surface area (Å²) in [5.41, 5.74) is 2.30. The lowest BCUT2D eigenvalue weighted by Crippen LogP contribution is -2.39. The molecule has 0 aliphatic rings. The molecule has 1 aromatic carbocycles. The van der Waals surface area contributed by atoms with Crippen molar-refractivity contribution >= 4 is 15.9 Å². The molecule has 1 unspecified atom stereocenters.